The van der Waals surface area contributed by atoms with Gasteiger partial charge in [0.15, 0.2) is 35.6 Å². The van der Waals surface area contributed by atoms with Crippen LogP contribution in [0.2, 0.25) is 0 Å². The lowest BCUT2D eigenvalue weighted by Crippen LogP contribution is -2.52. The molecule has 6 aliphatic rings. The van der Waals surface area contributed by atoms with E-state index in [1.54, 1.807) is 12.1 Å². The number of aliphatic hydroxyl groups excluding tert-OH is 2. The van der Waals surface area contributed by atoms with Gasteiger partial charge in [-0.2, -0.15) is 0 Å². The first-order chi connectivity index (χ1) is 27.6. The number of benzene rings is 3. The standard InChI is InChI=1S/C28H23NO11.C8H12O5.C2H6.CH4O/c1-34-22-9-15(10-23(35-2)26(22)40-28(31)39-18-5-3-17(4-6-18)29(32)33)24-19-11-21-20(37-13-38-21)8-14(19)7-16-12-36-27(30)25(16)24;1-4-10-3-6-8(12-4)5(13-8)2-7(9)11-6;2*1-2/h3-6,8-11,16,24-25H,7,12-13H2,1-2H3;4-7,9H,2-3H2,1H3;1-2H3;2H,1H3/t;4-,5?,6?,7?,8?;;/m.1../s1. The van der Waals surface area contributed by atoms with Crippen LogP contribution in [0.3, 0.4) is 0 Å². The molecule has 5 heterocycles. The van der Waals surface area contributed by atoms with Crippen molar-refractivity contribution in [1.82, 2.24) is 0 Å². The minimum atomic E-state index is -1.10. The number of cyclic esters (lactones) is 1. The number of non-ortho nitro benzene ring substituents is 1. The van der Waals surface area contributed by atoms with E-state index in [1.165, 1.54) is 38.5 Å². The summed E-state index contributed by atoms with van der Waals surface area (Å²) in [5, 5.41) is 27.2. The van der Waals surface area contributed by atoms with Crippen molar-refractivity contribution < 1.29 is 76.8 Å². The fourth-order valence-corrected chi connectivity index (χ4v) is 7.58. The monoisotopic (exact) mass is 799 g/mol. The highest BCUT2D eigenvalue weighted by atomic mass is 16.9. The molecule has 0 amide bonds. The van der Waals surface area contributed by atoms with Gasteiger partial charge in [0, 0.05) is 37.5 Å². The smallest absolute Gasteiger partial charge is 0.493 e. The fourth-order valence-electron chi connectivity index (χ4n) is 7.58. The first-order valence-corrected chi connectivity index (χ1v) is 18.3. The van der Waals surface area contributed by atoms with E-state index in [4.69, 9.17) is 57.2 Å². The Hall–Kier alpha value is -5.24. The van der Waals surface area contributed by atoms with E-state index in [9.17, 15) is 24.8 Å². The van der Waals surface area contributed by atoms with Crippen molar-refractivity contribution in [1.29, 1.82) is 0 Å². The van der Waals surface area contributed by atoms with E-state index in [-0.39, 0.29) is 65.9 Å². The van der Waals surface area contributed by atoms with Gasteiger partial charge in [0.25, 0.3) is 5.69 Å². The van der Waals surface area contributed by atoms with Gasteiger partial charge in [-0.3, -0.25) is 14.9 Å². The molecule has 18 heteroatoms. The second kappa shape index (κ2) is 17.5. The van der Waals surface area contributed by atoms with Crippen LogP contribution in [0.1, 0.15) is 49.8 Å². The minimum Gasteiger partial charge on any atom is -0.493 e. The molecule has 7 unspecified atom stereocenters. The zero-order valence-corrected chi connectivity index (χ0v) is 32.2. The molecular formula is C39H45NO17. The van der Waals surface area contributed by atoms with E-state index in [1.807, 2.05) is 32.9 Å². The van der Waals surface area contributed by atoms with Crippen molar-refractivity contribution in [3.05, 3.63) is 75.3 Å². The molecule has 8 atom stereocenters. The lowest BCUT2D eigenvalue weighted by Gasteiger charge is -2.36. The third-order valence-corrected chi connectivity index (χ3v) is 10.0. The van der Waals surface area contributed by atoms with Gasteiger partial charge in [-0.1, -0.05) is 13.8 Å². The summed E-state index contributed by atoms with van der Waals surface area (Å²) in [6.45, 7) is 6.70. The molecule has 18 nitrogen and oxygen atoms in total. The number of epoxide rings is 1. The minimum absolute atomic E-state index is 0.0207. The first kappa shape index (κ1) is 41.4. The zero-order chi connectivity index (χ0) is 41.0. The predicted molar refractivity (Wildman–Crippen MR) is 194 cm³/mol. The normalized spacial score (nSPS) is 27.9. The van der Waals surface area contributed by atoms with Gasteiger partial charge in [0.1, 0.15) is 18.0 Å². The molecule has 1 spiro atoms. The van der Waals surface area contributed by atoms with Crippen molar-refractivity contribution in [2.75, 3.05) is 41.3 Å². The lowest BCUT2D eigenvalue weighted by molar-refractivity contribution is -0.384. The maximum atomic E-state index is 12.9. The van der Waals surface area contributed by atoms with Crippen LogP contribution < -0.4 is 28.4 Å². The van der Waals surface area contributed by atoms with Crippen LogP contribution in [0, 0.1) is 22.0 Å². The van der Waals surface area contributed by atoms with Gasteiger partial charge in [-0.05, 0) is 66.4 Å². The number of methoxy groups -OCH3 is 2. The number of nitro groups is 1. The highest BCUT2D eigenvalue weighted by Crippen LogP contribution is 2.53. The number of carbonyl (C=O) groups excluding carboxylic acids is 2. The fraction of sp³-hybridized carbons (Fsp3) is 0.487. The molecule has 308 valence electrons. The Morgan fingerprint density at radius 2 is 1.58 bits per heavy atom. The van der Waals surface area contributed by atoms with Crippen LogP contribution in [-0.2, 0) is 34.9 Å². The highest BCUT2D eigenvalue weighted by Gasteiger charge is 2.69. The van der Waals surface area contributed by atoms with E-state index >= 15 is 0 Å². The average Bonchev–Trinajstić information content (AvgIpc) is 3.49. The van der Waals surface area contributed by atoms with E-state index in [0.29, 0.717) is 43.1 Å². The molecule has 57 heavy (non-hydrogen) atoms. The molecule has 0 radical (unpaired) electrons. The topological polar surface area (TPSA) is 223 Å². The van der Waals surface area contributed by atoms with Crippen LogP contribution in [-0.4, -0.2) is 99.2 Å². The number of esters is 1. The molecule has 0 aromatic heterocycles. The zero-order valence-electron chi connectivity index (χ0n) is 32.2. The van der Waals surface area contributed by atoms with E-state index < -0.39 is 35.0 Å². The van der Waals surface area contributed by atoms with Gasteiger partial charge < -0.3 is 62.3 Å². The Labute approximate surface area is 327 Å². The molecule has 3 aromatic rings. The second-order valence-corrected chi connectivity index (χ2v) is 13.1. The number of nitrogens with zero attached hydrogens (tertiary/aromatic N) is 1. The number of hydrogen-bond donors (Lipinski definition) is 2. The molecule has 1 aliphatic carbocycles. The number of ether oxygens (including phenoxy) is 11. The van der Waals surface area contributed by atoms with Crippen molar-refractivity contribution >= 4 is 17.8 Å². The third kappa shape index (κ3) is 8.28. The van der Waals surface area contributed by atoms with Gasteiger partial charge in [-0.25, -0.2) is 4.79 Å². The summed E-state index contributed by atoms with van der Waals surface area (Å²) >= 11 is 0. The molecule has 5 aliphatic heterocycles. The van der Waals surface area contributed by atoms with Crippen LogP contribution >= 0.6 is 0 Å². The molecule has 0 bridgehead atoms. The van der Waals surface area contributed by atoms with Gasteiger partial charge in [-0.15, -0.1) is 0 Å². The number of fused-ring (bicyclic) bond motifs is 3. The number of carbonyl (C=O) groups is 2. The summed E-state index contributed by atoms with van der Waals surface area (Å²) < 4.78 is 59.9. The lowest BCUT2D eigenvalue weighted by atomic mass is 9.67. The van der Waals surface area contributed by atoms with Gasteiger partial charge >= 0.3 is 12.1 Å². The Bertz CT molecular complexity index is 1910. The summed E-state index contributed by atoms with van der Waals surface area (Å²) in [5.74, 6) is -0.177. The highest BCUT2D eigenvalue weighted by molar-refractivity contribution is 5.79. The molecule has 3 aromatic carbocycles. The Morgan fingerprint density at radius 3 is 2.23 bits per heavy atom. The van der Waals surface area contributed by atoms with E-state index in [0.717, 1.165) is 18.2 Å². The summed E-state index contributed by atoms with van der Waals surface area (Å²) in [6.07, 6.45) is -1.25. The average molecular weight is 800 g/mol. The number of nitro benzene ring substituents is 1. The quantitative estimate of drug-likeness (QED) is 0.114. The second-order valence-electron chi connectivity index (χ2n) is 13.1. The largest absolute Gasteiger partial charge is 0.519 e. The molecule has 2 N–H and O–H groups in total. The summed E-state index contributed by atoms with van der Waals surface area (Å²) in [7, 11) is 3.82. The van der Waals surface area contributed by atoms with E-state index in [2.05, 4.69) is 0 Å². The van der Waals surface area contributed by atoms with Crippen LogP contribution in [0.4, 0.5) is 10.5 Å². The molecular weight excluding hydrogens is 754 g/mol. The molecule has 4 fully saturated rings. The summed E-state index contributed by atoms with van der Waals surface area (Å²) in [5.41, 5.74) is 2.47. The van der Waals surface area contributed by atoms with Gasteiger partial charge in [0.2, 0.25) is 18.3 Å². The van der Waals surface area contributed by atoms with Gasteiger partial charge in [0.05, 0.1) is 38.3 Å². The SMILES string of the molecule is CC.CO.COc1cc(C2c3cc4c(cc3CC3COC(=O)C32)OCO4)cc(OC)c1OC(=O)Oc1ccc([N+](=O)[O-])cc1.C[C@@H]1OCC2OC(O)CC3OC23O1. The van der Waals surface area contributed by atoms with Crippen LogP contribution in [0.5, 0.6) is 34.5 Å². The third-order valence-electron chi connectivity index (χ3n) is 10.0. The van der Waals surface area contributed by atoms with Crippen molar-refractivity contribution in [2.45, 2.75) is 70.1 Å². The number of aliphatic hydroxyl groups is 2. The van der Waals surface area contributed by atoms with Crippen LogP contribution in [0.25, 0.3) is 0 Å². The number of rotatable bonds is 6. The Kier molecular flexibility index (Phi) is 12.7. The summed E-state index contributed by atoms with van der Waals surface area (Å²) in [6, 6.07) is 12.2. The maximum absolute atomic E-state index is 12.9. The van der Waals surface area contributed by atoms with Crippen molar-refractivity contribution in [2.24, 2.45) is 11.8 Å². The first-order valence-electron chi connectivity index (χ1n) is 18.3. The van der Waals surface area contributed by atoms with Crippen LogP contribution in [0.15, 0.2) is 48.5 Å². The summed E-state index contributed by atoms with van der Waals surface area (Å²) in [4.78, 5) is 35.8. The van der Waals surface area contributed by atoms with Crippen molar-refractivity contribution in [3.63, 3.8) is 0 Å². The molecule has 9 rings (SSSR count). The van der Waals surface area contributed by atoms with Crippen molar-refractivity contribution in [3.8, 4) is 34.5 Å². The Morgan fingerprint density at radius 1 is 0.912 bits per heavy atom. The maximum Gasteiger partial charge on any atom is 0.519 e. The molecule has 4 saturated heterocycles. The Balaban J connectivity index is 0.000000268. The number of hydrogen-bond acceptors (Lipinski definition) is 17. The molecule has 0 saturated carbocycles. The predicted octanol–water partition coefficient (Wildman–Crippen LogP) is 4.61.